The Hall–Kier alpha value is -3.55. The van der Waals surface area contributed by atoms with E-state index < -0.39 is 41.4 Å². The number of carbonyl (C=O) groups excluding carboxylic acids is 4. The first kappa shape index (κ1) is 23.1. The predicted octanol–water partition coefficient (Wildman–Crippen LogP) is 2.30. The summed E-state index contributed by atoms with van der Waals surface area (Å²) in [6.07, 6.45) is 0.422. The van der Waals surface area contributed by atoms with Gasteiger partial charge in [0.1, 0.15) is 11.7 Å². The highest BCUT2D eigenvalue weighted by molar-refractivity contribution is 6.21. The molecule has 7 nitrogen and oxygen atoms in total. The number of rotatable bonds is 9. The molecule has 3 rings (SSSR count). The van der Waals surface area contributed by atoms with Gasteiger partial charge < -0.3 is 11.1 Å². The van der Waals surface area contributed by atoms with Crippen molar-refractivity contribution in [2.45, 2.75) is 32.7 Å². The molecule has 1 heterocycles. The Bertz CT molecular complexity index is 1020. The highest BCUT2D eigenvalue weighted by Gasteiger charge is 2.37. The van der Waals surface area contributed by atoms with E-state index in [-0.39, 0.29) is 25.3 Å². The van der Waals surface area contributed by atoms with Crippen LogP contribution in [0, 0.1) is 17.7 Å². The number of nitrogens with zero attached hydrogens (tertiary/aromatic N) is 1. The third kappa shape index (κ3) is 5.19. The van der Waals surface area contributed by atoms with Crippen LogP contribution in [0.15, 0.2) is 48.5 Å². The SMILES string of the molecule is CC(C)CC(C(N)=O)C(=O)N[C@@H](Cc1cccc(F)c1)CN1C(=O)c2ccccc2C1=O. The molecule has 1 unspecified atom stereocenters. The number of carbonyl (C=O) groups is 4. The summed E-state index contributed by atoms with van der Waals surface area (Å²) in [5, 5.41) is 2.76. The van der Waals surface area contributed by atoms with Crippen molar-refractivity contribution >= 4 is 23.6 Å². The number of fused-ring (bicyclic) bond motifs is 1. The third-order valence-electron chi connectivity index (χ3n) is 5.37. The Balaban J connectivity index is 1.84. The first-order valence-corrected chi connectivity index (χ1v) is 10.5. The Morgan fingerprint density at radius 3 is 2.19 bits per heavy atom. The molecule has 3 N–H and O–H groups in total. The minimum atomic E-state index is -1.05. The van der Waals surface area contributed by atoms with E-state index in [1.807, 2.05) is 13.8 Å². The monoisotopic (exact) mass is 439 g/mol. The normalized spacial score (nSPS) is 14.9. The summed E-state index contributed by atoms with van der Waals surface area (Å²) in [6, 6.07) is 11.6. The zero-order valence-corrected chi connectivity index (χ0v) is 18.0. The topological polar surface area (TPSA) is 110 Å². The molecule has 168 valence electrons. The maximum Gasteiger partial charge on any atom is 0.261 e. The average molecular weight is 439 g/mol. The van der Waals surface area contributed by atoms with Crippen LogP contribution >= 0.6 is 0 Å². The Labute approximate surface area is 185 Å². The van der Waals surface area contributed by atoms with Crippen LogP contribution in [-0.4, -0.2) is 41.1 Å². The van der Waals surface area contributed by atoms with Crippen LogP contribution in [0.2, 0.25) is 0 Å². The number of amides is 4. The van der Waals surface area contributed by atoms with Crippen molar-refractivity contribution in [2.75, 3.05) is 6.54 Å². The second-order valence-electron chi connectivity index (χ2n) is 8.39. The Kier molecular flexibility index (Phi) is 7.02. The molecule has 0 saturated heterocycles. The van der Waals surface area contributed by atoms with E-state index in [1.165, 1.54) is 18.2 Å². The summed E-state index contributed by atoms with van der Waals surface area (Å²) in [7, 11) is 0. The lowest BCUT2D eigenvalue weighted by molar-refractivity contribution is -0.134. The van der Waals surface area contributed by atoms with Gasteiger partial charge in [-0.05, 0) is 48.6 Å². The molecular formula is C24H26FN3O4. The maximum atomic E-state index is 13.7. The number of primary amides is 1. The second-order valence-corrected chi connectivity index (χ2v) is 8.39. The summed E-state index contributed by atoms with van der Waals surface area (Å²) in [5.74, 6) is -3.69. The number of benzene rings is 2. The molecule has 2 atom stereocenters. The van der Waals surface area contributed by atoms with Crippen molar-refractivity contribution in [2.24, 2.45) is 17.6 Å². The van der Waals surface area contributed by atoms with Crippen LogP contribution in [0.25, 0.3) is 0 Å². The molecule has 0 bridgehead atoms. The van der Waals surface area contributed by atoms with E-state index in [2.05, 4.69) is 5.32 Å². The summed E-state index contributed by atoms with van der Waals surface area (Å²) in [4.78, 5) is 51.3. The molecule has 0 radical (unpaired) electrons. The van der Waals surface area contributed by atoms with Gasteiger partial charge in [-0.15, -0.1) is 0 Å². The van der Waals surface area contributed by atoms with E-state index in [4.69, 9.17) is 5.73 Å². The van der Waals surface area contributed by atoms with Crippen LogP contribution in [0.5, 0.6) is 0 Å². The van der Waals surface area contributed by atoms with Gasteiger partial charge in [-0.1, -0.05) is 38.1 Å². The number of hydrogen-bond donors (Lipinski definition) is 2. The smallest absolute Gasteiger partial charge is 0.261 e. The molecular weight excluding hydrogens is 413 g/mol. The van der Waals surface area contributed by atoms with Crippen LogP contribution < -0.4 is 11.1 Å². The average Bonchev–Trinajstić information content (AvgIpc) is 2.96. The Morgan fingerprint density at radius 1 is 1.03 bits per heavy atom. The van der Waals surface area contributed by atoms with Gasteiger partial charge in [-0.2, -0.15) is 0 Å². The number of halogens is 1. The molecule has 1 aliphatic rings. The lowest BCUT2D eigenvalue weighted by Gasteiger charge is -2.26. The van der Waals surface area contributed by atoms with Gasteiger partial charge in [0.2, 0.25) is 11.8 Å². The van der Waals surface area contributed by atoms with Gasteiger partial charge in [0.05, 0.1) is 17.2 Å². The fourth-order valence-electron chi connectivity index (χ4n) is 3.86. The number of nitrogens with one attached hydrogen (secondary N) is 1. The van der Waals surface area contributed by atoms with E-state index in [0.29, 0.717) is 16.7 Å². The van der Waals surface area contributed by atoms with E-state index in [0.717, 1.165) is 4.90 Å². The fourth-order valence-corrected chi connectivity index (χ4v) is 3.86. The van der Waals surface area contributed by atoms with Crippen molar-refractivity contribution in [1.29, 1.82) is 0 Å². The maximum absolute atomic E-state index is 13.7. The fraction of sp³-hybridized carbons (Fsp3) is 0.333. The lowest BCUT2D eigenvalue weighted by Crippen LogP contribution is -2.50. The predicted molar refractivity (Wildman–Crippen MR) is 116 cm³/mol. The largest absolute Gasteiger partial charge is 0.369 e. The molecule has 4 amide bonds. The van der Waals surface area contributed by atoms with Gasteiger partial charge in [-0.3, -0.25) is 24.1 Å². The summed E-state index contributed by atoms with van der Waals surface area (Å²) in [6.45, 7) is 3.61. The van der Waals surface area contributed by atoms with E-state index in [9.17, 15) is 23.6 Å². The van der Waals surface area contributed by atoms with Crippen molar-refractivity contribution in [3.05, 3.63) is 71.0 Å². The van der Waals surface area contributed by atoms with E-state index in [1.54, 1.807) is 30.3 Å². The molecule has 32 heavy (non-hydrogen) atoms. The zero-order valence-electron chi connectivity index (χ0n) is 18.0. The summed E-state index contributed by atoms with van der Waals surface area (Å²) in [5.41, 5.74) is 6.60. The first-order chi connectivity index (χ1) is 15.2. The van der Waals surface area contributed by atoms with Crippen LogP contribution in [0.3, 0.4) is 0 Å². The van der Waals surface area contributed by atoms with Crippen molar-refractivity contribution in [1.82, 2.24) is 10.2 Å². The minimum absolute atomic E-state index is 0.0520. The molecule has 0 aromatic heterocycles. The minimum Gasteiger partial charge on any atom is -0.369 e. The Morgan fingerprint density at radius 2 is 1.66 bits per heavy atom. The quantitative estimate of drug-likeness (QED) is 0.461. The summed E-state index contributed by atoms with van der Waals surface area (Å²) >= 11 is 0. The highest BCUT2D eigenvalue weighted by Crippen LogP contribution is 2.23. The number of nitrogens with two attached hydrogens (primary N) is 1. The molecule has 0 aliphatic carbocycles. The number of imide groups is 1. The number of hydrogen-bond acceptors (Lipinski definition) is 4. The molecule has 8 heteroatoms. The standard InChI is InChI=1S/C24H26FN3O4/c1-14(2)10-20(21(26)29)22(30)27-17(12-15-6-5-7-16(25)11-15)13-28-23(31)18-8-3-4-9-19(18)24(28)32/h3-9,11,14,17,20H,10,12-13H2,1-2H3,(H2,26,29)(H,27,30)/t17-,20?/m0/s1. The molecule has 1 aliphatic heterocycles. The molecule has 0 saturated carbocycles. The van der Waals surface area contributed by atoms with Crippen LogP contribution in [-0.2, 0) is 16.0 Å². The lowest BCUT2D eigenvalue weighted by atomic mass is 9.95. The molecule has 0 fully saturated rings. The third-order valence-corrected chi connectivity index (χ3v) is 5.37. The van der Waals surface area contributed by atoms with Crippen molar-refractivity contribution in [3.63, 3.8) is 0 Å². The van der Waals surface area contributed by atoms with Crippen LogP contribution in [0.4, 0.5) is 4.39 Å². The molecule has 0 spiro atoms. The highest BCUT2D eigenvalue weighted by atomic mass is 19.1. The van der Waals surface area contributed by atoms with Crippen molar-refractivity contribution in [3.8, 4) is 0 Å². The van der Waals surface area contributed by atoms with Gasteiger partial charge >= 0.3 is 0 Å². The summed E-state index contributed by atoms with van der Waals surface area (Å²) < 4.78 is 13.7. The molecule has 2 aromatic rings. The first-order valence-electron chi connectivity index (χ1n) is 10.5. The van der Waals surface area contributed by atoms with E-state index >= 15 is 0 Å². The van der Waals surface area contributed by atoms with Gasteiger partial charge in [0.15, 0.2) is 0 Å². The zero-order chi connectivity index (χ0) is 23.4. The van der Waals surface area contributed by atoms with Gasteiger partial charge in [-0.25, -0.2) is 4.39 Å². The second kappa shape index (κ2) is 9.72. The van der Waals surface area contributed by atoms with Gasteiger partial charge in [0, 0.05) is 6.54 Å². The molecule has 2 aromatic carbocycles. The van der Waals surface area contributed by atoms with Gasteiger partial charge in [0.25, 0.3) is 11.8 Å². The van der Waals surface area contributed by atoms with Crippen molar-refractivity contribution < 1.29 is 23.6 Å². The van der Waals surface area contributed by atoms with Crippen LogP contribution in [0.1, 0.15) is 46.5 Å².